The van der Waals surface area contributed by atoms with Crippen LogP contribution in [-0.4, -0.2) is 47.8 Å². The minimum Gasteiger partial charge on any atom is -0.444 e. The Kier molecular flexibility index (Phi) is 3.93. The number of nitrogens with zero attached hydrogens (tertiary/aromatic N) is 3. The van der Waals surface area contributed by atoms with Gasteiger partial charge in [0.15, 0.2) is 0 Å². The molecule has 0 spiro atoms. The van der Waals surface area contributed by atoms with Gasteiger partial charge in [0, 0.05) is 38.0 Å². The van der Waals surface area contributed by atoms with Crippen molar-refractivity contribution in [1.29, 1.82) is 0 Å². The smallest absolute Gasteiger partial charge is 0.410 e. The van der Waals surface area contributed by atoms with Crippen molar-refractivity contribution >= 4 is 23.4 Å². The Morgan fingerprint density at radius 3 is 2.36 bits per heavy atom. The number of hydrogen-bond donors (Lipinski definition) is 0. The van der Waals surface area contributed by atoms with E-state index < -0.39 is 5.60 Å². The lowest BCUT2D eigenvalue weighted by atomic mass is 10.0. The Balaban J connectivity index is 1.58. The molecular weight excluding hydrogens is 302 g/mol. The van der Waals surface area contributed by atoms with Crippen molar-refractivity contribution in [2.45, 2.75) is 26.4 Å². The Hall–Kier alpha value is -1.49. The molecule has 2 fully saturated rings. The van der Waals surface area contributed by atoms with Crippen LogP contribution in [0.25, 0.3) is 0 Å². The molecule has 0 N–H and O–H groups in total. The van der Waals surface area contributed by atoms with Crippen LogP contribution in [0.15, 0.2) is 18.3 Å². The Bertz CT molecular complexity index is 542. The molecule has 0 bridgehead atoms. The lowest BCUT2D eigenvalue weighted by molar-refractivity contribution is 0.0282. The average Bonchev–Trinajstić information content (AvgIpc) is 2.95. The fourth-order valence-electron chi connectivity index (χ4n) is 3.23. The molecule has 3 rings (SSSR count). The van der Waals surface area contributed by atoms with Crippen LogP contribution in [-0.2, 0) is 4.74 Å². The van der Waals surface area contributed by atoms with Gasteiger partial charge in [-0.15, -0.1) is 0 Å². The second-order valence-corrected chi connectivity index (χ2v) is 7.54. The maximum atomic E-state index is 12.1. The molecule has 0 radical (unpaired) electrons. The van der Waals surface area contributed by atoms with E-state index in [1.54, 1.807) is 0 Å². The maximum absolute atomic E-state index is 12.1. The van der Waals surface area contributed by atoms with Crippen LogP contribution in [0.3, 0.4) is 0 Å². The number of carbonyl (C=O) groups is 1. The topological polar surface area (TPSA) is 45.7 Å². The van der Waals surface area contributed by atoms with Crippen LogP contribution in [0.4, 0.5) is 10.5 Å². The van der Waals surface area contributed by atoms with Crippen LogP contribution in [0.5, 0.6) is 0 Å². The van der Waals surface area contributed by atoms with Gasteiger partial charge in [0.2, 0.25) is 0 Å². The van der Waals surface area contributed by atoms with Gasteiger partial charge in [0.25, 0.3) is 0 Å². The highest BCUT2D eigenvalue weighted by molar-refractivity contribution is 6.29. The van der Waals surface area contributed by atoms with E-state index in [2.05, 4.69) is 9.88 Å². The van der Waals surface area contributed by atoms with Crippen LogP contribution in [0.1, 0.15) is 20.8 Å². The molecule has 6 heteroatoms. The van der Waals surface area contributed by atoms with Gasteiger partial charge in [0.1, 0.15) is 10.8 Å². The third-order valence-corrected chi connectivity index (χ3v) is 4.44. The van der Waals surface area contributed by atoms with Gasteiger partial charge in [-0.05, 0) is 32.9 Å². The molecule has 2 unspecified atom stereocenters. The van der Waals surface area contributed by atoms with Crippen molar-refractivity contribution in [1.82, 2.24) is 9.88 Å². The first-order valence-corrected chi connectivity index (χ1v) is 8.04. The van der Waals surface area contributed by atoms with Gasteiger partial charge in [-0.2, -0.15) is 0 Å². The van der Waals surface area contributed by atoms with Gasteiger partial charge in [-0.3, -0.25) is 0 Å². The van der Waals surface area contributed by atoms with E-state index in [0.29, 0.717) is 17.0 Å². The quantitative estimate of drug-likeness (QED) is 0.745. The molecular formula is C16H22ClN3O2. The highest BCUT2D eigenvalue weighted by Gasteiger charge is 2.42. The molecule has 2 aliphatic heterocycles. The second-order valence-electron chi connectivity index (χ2n) is 7.15. The van der Waals surface area contributed by atoms with Crippen LogP contribution in [0.2, 0.25) is 5.15 Å². The molecule has 0 aliphatic carbocycles. The number of aromatic nitrogens is 1. The summed E-state index contributed by atoms with van der Waals surface area (Å²) >= 11 is 5.83. The number of amides is 1. The Morgan fingerprint density at radius 1 is 1.23 bits per heavy atom. The van der Waals surface area contributed by atoms with Crippen LogP contribution >= 0.6 is 11.6 Å². The van der Waals surface area contributed by atoms with Crippen molar-refractivity contribution in [3.63, 3.8) is 0 Å². The molecule has 1 amide bonds. The number of halogens is 1. The first kappa shape index (κ1) is 15.4. The maximum Gasteiger partial charge on any atom is 0.410 e. The molecule has 0 aromatic carbocycles. The largest absolute Gasteiger partial charge is 0.444 e. The number of likely N-dealkylation sites (tertiary alicyclic amines) is 1. The van der Waals surface area contributed by atoms with E-state index in [4.69, 9.17) is 16.3 Å². The summed E-state index contributed by atoms with van der Waals surface area (Å²) < 4.78 is 5.46. The summed E-state index contributed by atoms with van der Waals surface area (Å²) in [4.78, 5) is 20.5. The van der Waals surface area contributed by atoms with Gasteiger partial charge in [-0.25, -0.2) is 9.78 Å². The fraction of sp³-hybridized carbons (Fsp3) is 0.625. The summed E-state index contributed by atoms with van der Waals surface area (Å²) in [5.41, 5.74) is 0.665. The lowest BCUT2D eigenvalue weighted by Gasteiger charge is -2.26. The van der Waals surface area contributed by atoms with Crippen molar-refractivity contribution in [2.24, 2.45) is 11.8 Å². The highest BCUT2D eigenvalue weighted by Crippen LogP contribution is 2.34. The standard InChI is InChI=1S/C16H22ClN3O2/c1-16(2,3)22-15(21)20-9-11-7-19(8-12(11)10-20)13-4-5-14(17)18-6-13/h4-6,11-12H,7-10H2,1-3H3. The zero-order chi connectivity index (χ0) is 15.9. The third kappa shape index (κ3) is 3.29. The normalized spacial score (nSPS) is 24.5. The average molecular weight is 324 g/mol. The summed E-state index contributed by atoms with van der Waals surface area (Å²) in [6.45, 7) is 9.15. The summed E-state index contributed by atoms with van der Waals surface area (Å²) in [5.74, 6) is 1.01. The van der Waals surface area contributed by atoms with E-state index in [-0.39, 0.29) is 6.09 Å². The molecule has 2 atom stereocenters. The number of pyridine rings is 1. The molecule has 1 aromatic heterocycles. The first-order chi connectivity index (χ1) is 10.3. The minimum absolute atomic E-state index is 0.193. The minimum atomic E-state index is -0.435. The molecule has 2 saturated heterocycles. The van der Waals surface area contributed by atoms with E-state index in [9.17, 15) is 4.79 Å². The molecule has 2 aliphatic rings. The first-order valence-electron chi connectivity index (χ1n) is 7.66. The number of ether oxygens (including phenoxy) is 1. The predicted molar refractivity (Wildman–Crippen MR) is 86.2 cm³/mol. The van der Waals surface area contributed by atoms with Gasteiger partial charge < -0.3 is 14.5 Å². The molecule has 22 heavy (non-hydrogen) atoms. The Morgan fingerprint density at radius 2 is 1.86 bits per heavy atom. The number of fused-ring (bicyclic) bond motifs is 1. The van der Waals surface area contributed by atoms with E-state index in [1.807, 2.05) is 44.0 Å². The summed E-state index contributed by atoms with van der Waals surface area (Å²) in [6, 6.07) is 3.82. The molecule has 5 nitrogen and oxygen atoms in total. The van der Waals surface area contributed by atoms with Crippen molar-refractivity contribution < 1.29 is 9.53 Å². The van der Waals surface area contributed by atoms with Crippen molar-refractivity contribution in [3.8, 4) is 0 Å². The van der Waals surface area contributed by atoms with Gasteiger partial charge >= 0.3 is 6.09 Å². The van der Waals surface area contributed by atoms with E-state index in [0.717, 1.165) is 31.9 Å². The summed E-state index contributed by atoms with van der Waals surface area (Å²) in [5, 5.41) is 0.513. The zero-order valence-corrected chi connectivity index (χ0v) is 14.0. The summed E-state index contributed by atoms with van der Waals surface area (Å²) in [6.07, 6.45) is 1.62. The number of hydrogen-bond acceptors (Lipinski definition) is 4. The SMILES string of the molecule is CC(C)(C)OC(=O)N1CC2CN(c3ccc(Cl)nc3)CC2C1. The van der Waals surface area contributed by atoms with Crippen LogP contribution in [0, 0.1) is 11.8 Å². The lowest BCUT2D eigenvalue weighted by Crippen LogP contribution is -2.37. The second kappa shape index (κ2) is 5.61. The fourth-order valence-corrected chi connectivity index (χ4v) is 3.35. The van der Waals surface area contributed by atoms with Crippen molar-refractivity contribution in [2.75, 3.05) is 31.1 Å². The van der Waals surface area contributed by atoms with Crippen molar-refractivity contribution in [3.05, 3.63) is 23.5 Å². The van der Waals surface area contributed by atoms with E-state index >= 15 is 0 Å². The predicted octanol–water partition coefficient (Wildman–Crippen LogP) is 3.04. The zero-order valence-electron chi connectivity index (χ0n) is 13.3. The number of carbonyl (C=O) groups excluding carboxylic acids is 1. The van der Waals surface area contributed by atoms with E-state index in [1.165, 1.54) is 0 Å². The third-order valence-electron chi connectivity index (χ3n) is 4.21. The van der Waals surface area contributed by atoms with Gasteiger partial charge in [-0.1, -0.05) is 11.6 Å². The molecule has 3 heterocycles. The van der Waals surface area contributed by atoms with Gasteiger partial charge in [0.05, 0.1) is 11.9 Å². The van der Waals surface area contributed by atoms with Crippen LogP contribution < -0.4 is 4.90 Å². The molecule has 120 valence electrons. The number of anilines is 1. The summed E-state index contributed by atoms with van der Waals surface area (Å²) in [7, 11) is 0. The molecule has 1 aromatic rings. The Labute approximate surface area is 136 Å². The highest BCUT2D eigenvalue weighted by atomic mass is 35.5. The monoisotopic (exact) mass is 323 g/mol. The molecule has 0 saturated carbocycles. The number of rotatable bonds is 1.